The molecule has 1 aromatic heterocycles. The van der Waals surface area contributed by atoms with E-state index in [0.717, 1.165) is 21.3 Å². The topological polar surface area (TPSA) is 73.1 Å². The summed E-state index contributed by atoms with van der Waals surface area (Å²) in [6.45, 7) is 5.58. The number of para-hydroxylation sites is 1. The predicted octanol–water partition coefficient (Wildman–Crippen LogP) is 3.72. The third-order valence-electron chi connectivity index (χ3n) is 5.15. The van der Waals surface area contributed by atoms with Crippen molar-refractivity contribution in [1.29, 1.82) is 0 Å². The molecule has 0 unspecified atom stereocenters. The largest absolute Gasteiger partial charge is 0.336 e. The van der Waals surface area contributed by atoms with E-state index in [1.807, 2.05) is 51.1 Å². The monoisotopic (exact) mass is 413 g/mol. The Kier molecular flexibility index (Phi) is 5.29. The van der Waals surface area contributed by atoms with Crippen LogP contribution in [0.15, 0.2) is 76.3 Å². The van der Waals surface area contributed by atoms with E-state index in [0.29, 0.717) is 22.3 Å². The summed E-state index contributed by atoms with van der Waals surface area (Å²) >= 11 is 0. The summed E-state index contributed by atoms with van der Waals surface area (Å²) in [5, 5.41) is 3.19. The fourth-order valence-corrected chi connectivity index (χ4v) is 3.76. The number of carbonyl (C=O) groups excluding carboxylic acids is 1. The van der Waals surface area contributed by atoms with Gasteiger partial charge in [0.05, 0.1) is 16.6 Å². The highest BCUT2D eigenvalue weighted by molar-refractivity contribution is 5.91. The van der Waals surface area contributed by atoms with Crippen LogP contribution in [0.4, 0.5) is 5.69 Å². The fraction of sp³-hybridized carbons (Fsp3) is 0.160. The van der Waals surface area contributed by atoms with Gasteiger partial charge in [-0.25, -0.2) is 9.36 Å². The predicted molar refractivity (Wildman–Crippen MR) is 123 cm³/mol. The van der Waals surface area contributed by atoms with Crippen LogP contribution in [0.3, 0.4) is 0 Å². The zero-order chi connectivity index (χ0) is 22.1. The van der Waals surface area contributed by atoms with Crippen molar-refractivity contribution >= 4 is 22.5 Å². The maximum absolute atomic E-state index is 13.4. The van der Waals surface area contributed by atoms with Crippen LogP contribution in [0.25, 0.3) is 16.6 Å². The average molecular weight is 413 g/mol. The molecule has 6 heteroatoms. The Bertz CT molecular complexity index is 1390. The van der Waals surface area contributed by atoms with E-state index in [-0.39, 0.29) is 12.5 Å². The molecular formula is C25H23N3O3. The molecule has 0 bridgehead atoms. The molecule has 0 saturated heterocycles. The quantitative estimate of drug-likeness (QED) is 0.554. The smallest absolute Gasteiger partial charge is 0.325 e. The minimum absolute atomic E-state index is 0.210. The first kappa shape index (κ1) is 20.3. The van der Waals surface area contributed by atoms with Crippen molar-refractivity contribution in [2.75, 3.05) is 5.32 Å². The summed E-state index contributed by atoms with van der Waals surface area (Å²) in [7, 11) is 0. The zero-order valence-electron chi connectivity index (χ0n) is 17.7. The molecule has 0 radical (unpaired) electrons. The normalized spacial score (nSPS) is 10.9. The van der Waals surface area contributed by atoms with Crippen LogP contribution in [0.1, 0.15) is 16.7 Å². The molecule has 6 nitrogen and oxygen atoms in total. The third-order valence-corrected chi connectivity index (χ3v) is 5.15. The SMILES string of the molecule is Cc1ccc(NC(=O)Cn2c(=O)n(-c3cc(C)cc(C)c3)c(=O)c3ccccc32)cc1. The number of aromatic nitrogens is 2. The first-order valence-electron chi connectivity index (χ1n) is 10.0. The van der Waals surface area contributed by atoms with Crippen LogP contribution in [-0.2, 0) is 11.3 Å². The van der Waals surface area contributed by atoms with Gasteiger partial charge in [0, 0.05) is 5.69 Å². The molecule has 0 saturated carbocycles. The molecule has 0 fully saturated rings. The highest BCUT2D eigenvalue weighted by Crippen LogP contribution is 2.14. The van der Waals surface area contributed by atoms with Crippen LogP contribution in [-0.4, -0.2) is 15.0 Å². The van der Waals surface area contributed by atoms with Crippen molar-refractivity contribution in [2.45, 2.75) is 27.3 Å². The Balaban J connectivity index is 1.84. The summed E-state index contributed by atoms with van der Waals surface area (Å²) in [5.74, 6) is -0.346. The number of fused-ring (bicyclic) bond motifs is 1. The third kappa shape index (κ3) is 4.05. The lowest BCUT2D eigenvalue weighted by atomic mass is 10.1. The number of anilines is 1. The number of benzene rings is 3. The second-order valence-electron chi connectivity index (χ2n) is 7.79. The Morgan fingerprint density at radius 2 is 1.48 bits per heavy atom. The molecule has 0 spiro atoms. The summed E-state index contributed by atoms with van der Waals surface area (Å²) in [5.41, 5.74) is 3.59. The molecule has 156 valence electrons. The average Bonchev–Trinajstić information content (AvgIpc) is 2.72. The number of rotatable bonds is 4. The van der Waals surface area contributed by atoms with E-state index in [4.69, 9.17) is 0 Å². The number of amides is 1. The first-order valence-corrected chi connectivity index (χ1v) is 10.0. The standard InChI is InChI=1S/C25H23N3O3/c1-16-8-10-19(11-9-16)26-23(29)15-27-22-7-5-4-6-21(22)24(30)28(25(27)31)20-13-17(2)12-18(3)14-20/h4-14H,15H2,1-3H3,(H,26,29). The van der Waals surface area contributed by atoms with E-state index in [1.54, 1.807) is 36.4 Å². The highest BCUT2D eigenvalue weighted by Gasteiger charge is 2.17. The summed E-state index contributed by atoms with van der Waals surface area (Å²) in [4.78, 5) is 39.3. The van der Waals surface area contributed by atoms with Crippen molar-refractivity contribution in [3.63, 3.8) is 0 Å². The Morgan fingerprint density at radius 1 is 0.839 bits per heavy atom. The van der Waals surface area contributed by atoms with E-state index in [1.165, 1.54) is 4.57 Å². The van der Waals surface area contributed by atoms with E-state index in [9.17, 15) is 14.4 Å². The van der Waals surface area contributed by atoms with Gasteiger partial charge in [0.25, 0.3) is 5.56 Å². The Hall–Kier alpha value is -3.93. The minimum Gasteiger partial charge on any atom is -0.325 e. The second-order valence-corrected chi connectivity index (χ2v) is 7.79. The molecule has 0 aliphatic rings. The zero-order valence-corrected chi connectivity index (χ0v) is 17.7. The van der Waals surface area contributed by atoms with Crippen molar-refractivity contribution in [3.05, 3.63) is 104 Å². The van der Waals surface area contributed by atoms with Crippen molar-refractivity contribution in [3.8, 4) is 5.69 Å². The molecule has 1 heterocycles. The van der Waals surface area contributed by atoms with Gasteiger partial charge >= 0.3 is 5.69 Å². The van der Waals surface area contributed by atoms with Crippen LogP contribution in [0, 0.1) is 20.8 Å². The van der Waals surface area contributed by atoms with Crippen LogP contribution in [0.5, 0.6) is 0 Å². The van der Waals surface area contributed by atoms with Crippen LogP contribution in [0.2, 0.25) is 0 Å². The molecule has 0 aliphatic heterocycles. The number of aryl methyl sites for hydroxylation is 3. The Labute approximate surface area is 179 Å². The van der Waals surface area contributed by atoms with Crippen LogP contribution >= 0.6 is 0 Å². The van der Waals surface area contributed by atoms with Gasteiger partial charge < -0.3 is 5.32 Å². The van der Waals surface area contributed by atoms with E-state index >= 15 is 0 Å². The molecule has 0 atom stereocenters. The molecule has 3 aromatic carbocycles. The number of hydrogen-bond donors (Lipinski definition) is 1. The lowest BCUT2D eigenvalue weighted by Crippen LogP contribution is -2.40. The number of hydrogen-bond acceptors (Lipinski definition) is 3. The van der Waals surface area contributed by atoms with Crippen molar-refractivity contribution in [1.82, 2.24) is 9.13 Å². The lowest BCUT2D eigenvalue weighted by molar-refractivity contribution is -0.116. The van der Waals surface area contributed by atoms with Gasteiger partial charge in [0.2, 0.25) is 5.91 Å². The molecular weight excluding hydrogens is 390 g/mol. The highest BCUT2D eigenvalue weighted by atomic mass is 16.2. The van der Waals surface area contributed by atoms with Gasteiger partial charge in [-0.1, -0.05) is 35.9 Å². The number of nitrogens with one attached hydrogen (secondary N) is 1. The lowest BCUT2D eigenvalue weighted by Gasteiger charge is -2.15. The molecule has 4 rings (SSSR count). The molecule has 0 aliphatic carbocycles. The number of carbonyl (C=O) groups is 1. The van der Waals surface area contributed by atoms with Gasteiger partial charge in [-0.15, -0.1) is 0 Å². The summed E-state index contributed by atoms with van der Waals surface area (Å²) < 4.78 is 2.49. The maximum Gasteiger partial charge on any atom is 0.336 e. The van der Waals surface area contributed by atoms with Crippen LogP contribution < -0.4 is 16.6 Å². The van der Waals surface area contributed by atoms with Crippen molar-refractivity contribution < 1.29 is 4.79 Å². The molecule has 4 aromatic rings. The maximum atomic E-state index is 13.4. The van der Waals surface area contributed by atoms with Gasteiger partial charge in [0.1, 0.15) is 6.54 Å². The van der Waals surface area contributed by atoms with Gasteiger partial charge in [-0.3, -0.25) is 14.2 Å². The van der Waals surface area contributed by atoms with E-state index in [2.05, 4.69) is 5.32 Å². The minimum atomic E-state index is -0.548. The first-order chi connectivity index (χ1) is 14.8. The van der Waals surface area contributed by atoms with Gasteiger partial charge in [-0.05, 0) is 68.3 Å². The second kappa shape index (κ2) is 8.07. The van der Waals surface area contributed by atoms with Crippen molar-refractivity contribution in [2.24, 2.45) is 0 Å². The fourth-order valence-electron chi connectivity index (χ4n) is 3.76. The number of nitrogens with zero attached hydrogens (tertiary/aromatic N) is 2. The Morgan fingerprint density at radius 3 is 2.16 bits per heavy atom. The van der Waals surface area contributed by atoms with Gasteiger partial charge in [-0.2, -0.15) is 0 Å². The summed E-state index contributed by atoms with van der Waals surface area (Å²) in [6.07, 6.45) is 0. The molecule has 1 N–H and O–H groups in total. The van der Waals surface area contributed by atoms with E-state index < -0.39 is 11.2 Å². The molecule has 1 amide bonds. The van der Waals surface area contributed by atoms with Gasteiger partial charge in [0.15, 0.2) is 0 Å². The summed E-state index contributed by atoms with van der Waals surface area (Å²) in [6, 6.07) is 19.8. The molecule has 31 heavy (non-hydrogen) atoms.